The first-order chi connectivity index (χ1) is 11.5. The van der Waals surface area contributed by atoms with E-state index < -0.39 is 11.2 Å². The van der Waals surface area contributed by atoms with Crippen molar-refractivity contribution in [2.24, 2.45) is 0 Å². The van der Waals surface area contributed by atoms with E-state index >= 15 is 0 Å². The summed E-state index contributed by atoms with van der Waals surface area (Å²) in [6.07, 6.45) is 0. The van der Waals surface area contributed by atoms with E-state index in [1.807, 2.05) is 0 Å². The maximum atomic E-state index is 12.3. The van der Waals surface area contributed by atoms with Gasteiger partial charge in [0, 0.05) is 39.3 Å². The molecule has 2 aromatic heterocycles. The van der Waals surface area contributed by atoms with Gasteiger partial charge in [-0.05, 0) is 18.6 Å². The Balaban J connectivity index is 0.00000169. The summed E-state index contributed by atoms with van der Waals surface area (Å²) in [5.74, 6) is -0.323. The molecule has 3 heterocycles. The van der Waals surface area contributed by atoms with E-state index in [2.05, 4.69) is 30.5 Å². The molecule has 9 nitrogen and oxygen atoms in total. The van der Waals surface area contributed by atoms with E-state index in [1.165, 1.54) is 0 Å². The molecule has 0 aromatic carbocycles. The molecular weight excluding hydrogens is 383 g/mol. The van der Waals surface area contributed by atoms with Crippen LogP contribution in [0, 0.1) is 6.92 Å². The fourth-order valence-corrected chi connectivity index (χ4v) is 2.82. The van der Waals surface area contributed by atoms with Crippen LogP contribution in [0.5, 0.6) is 0 Å². The van der Waals surface area contributed by atoms with Gasteiger partial charge in [0.1, 0.15) is 11.3 Å². The van der Waals surface area contributed by atoms with Gasteiger partial charge in [0.2, 0.25) is 0 Å². The van der Waals surface area contributed by atoms with Crippen LogP contribution in [0.15, 0.2) is 15.7 Å². The summed E-state index contributed by atoms with van der Waals surface area (Å²) in [4.78, 5) is 46.5. The van der Waals surface area contributed by atoms with Crippen molar-refractivity contribution >= 4 is 41.8 Å². The monoisotopic (exact) mass is 404 g/mol. The van der Waals surface area contributed by atoms with Gasteiger partial charge in [-0.2, -0.15) is 0 Å². The number of hydrogen-bond acceptors (Lipinski definition) is 6. The van der Waals surface area contributed by atoms with Gasteiger partial charge < -0.3 is 10.6 Å². The average Bonchev–Trinajstić information content (AvgIpc) is 2.54. The van der Waals surface area contributed by atoms with Crippen LogP contribution in [0.25, 0.3) is 11.0 Å². The SMILES string of the molecule is Cc1cc(C(=O)NCCN2CCNCC2)nc2[nH]c(=O)[nH]c(=O)c12.Cl.Cl. The van der Waals surface area contributed by atoms with Crippen molar-refractivity contribution in [3.05, 3.63) is 38.2 Å². The molecule has 4 N–H and O–H groups in total. The molecule has 0 spiro atoms. The fraction of sp³-hybridized carbons (Fsp3) is 0.467. The van der Waals surface area contributed by atoms with Crippen molar-refractivity contribution in [3.63, 3.8) is 0 Å². The Kier molecular flexibility index (Phi) is 8.22. The highest BCUT2D eigenvalue weighted by Gasteiger charge is 2.14. The first kappa shape index (κ1) is 22.1. The molecule has 26 heavy (non-hydrogen) atoms. The van der Waals surface area contributed by atoms with Crippen LogP contribution in [0.4, 0.5) is 0 Å². The zero-order valence-corrected chi connectivity index (χ0v) is 15.9. The summed E-state index contributed by atoms with van der Waals surface area (Å²) in [6.45, 7) is 6.85. The summed E-state index contributed by atoms with van der Waals surface area (Å²) in [5, 5.41) is 6.39. The van der Waals surface area contributed by atoms with Gasteiger partial charge in [-0.3, -0.25) is 24.5 Å². The van der Waals surface area contributed by atoms with E-state index in [9.17, 15) is 14.4 Å². The summed E-state index contributed by atoms with van der Waals surface area (Å²) in [7, 11) is 0. The van der Waals surface area contributed by atoms with Gasteiger partial charge in [-0.1, -0.05) is 0 Å². The minimum atomic E-state index is -0.643. The number of nitrogens with one attached hydrogen (secondary N) is 4. The standard InChI is InChI=1S/C15H20N6O3.2ClH/c1-9-8-10(18-12-11(9)14(23)20-15(24)19-12)13(22)17-4-7-21-5-2-16-3-6-21;;/h8,16H,2-7H2,1H3,(H,17,22)(H2,18,19,20,23,24);2*1H. The second-order valence-electron chi connectivity index (χ2n) is 5.80. The third kappa shape index (κ3) is 5.04. The van der Waals surface area contributed by atoms with Gasteiger partial charge in [-0.25, -0.2) is 9.78 Å². The van der Waals surface area contributed by atoms with Crippen molar-refractivity contribution in [3.8, 4) is 0 Å². The number of hydrogen-bond donors (Lipinski definition) is 4. The highest BCUT2D eigenvalue weighted by Crippen LogP contribution is 2.10. The predicted molar refractivity (Wildman–Crippen MR) is 104 cm³/mol. The van der Waals surface area contributed by atoms with Gasteiger partial charge >= 0.3 is 5.69 Å². The Labute approximate surface area is 161 Å². The maximum absolute atomic E-state index is 12.3. The maximum Gasteiger partial charge on any atom is 0.327 e. The number of aromatic nitrogens is 3. The molecule has 0 aliphatic carbocycles. The molecule has 11 heteroatoms. The quantitative estimate of drug-likeness (QED) is 0.539. The fourth-order valence-electron chi connectivity index (χ4n) is 2.82. The van der Waals surface area contributed by atoms with Gasteiger partial charge in [0.25, 0.3) is 11.5 Å². The van der Waals surface area contributed by atoms with Crippen LogP contribution < -0.4 is 21.9 Å². The molecule has 1 aliphatic heterocycles. The van der Waals surface area contributed by atoms with Crippen molar-refractivity contribution in [1.82, 2.24) is 30.5 Å². The number of carbonyl (C=O) groups excluding carboxylic acids is 1. The number of amides is 1. The Morgan fingerprint density at radius 2 is 1.92 bits per heavy atom. The number of aryl methyl sites for hydroxylation is 1. The zero-order valence-electron chi connectivity index (χ0n) is 14.3. The molecule has 3 rings (SSSR count). The van der Waals surface area contributed by atoms with Crippen LogP contribution in [-0.4, -0.2) is 65.0 Å². The van der Waals surface area contributed by atoms with Gasteiger partial charge in [-0.15, -0.1) is 24.8 Å². The molecule has 0 unspecified atom stereocenters. The highest BCUT2D eigenvalue weighted by molar-refractivity contribution is 5.95. The largest absolute Gasteiger partial charge is 0.349 e. The second kappa shape index (κ2) is 9.67. The van der Waals surface area contributed by atoms with Crippen LogP contribution >= 0.6 is 24.8 Å². The molecule has 2 aromatic rings. The number of nitrogens with zero attached hydrogens (tertiary/aromatic N) is 2. The van der Waals surface area contributed by atoms with Crippen molar-refractivity contribution in [1.29, 1.82) is 0 Å². The van der Waals surface area contributed by atoms with Crippen molar-refractivity contribution in [2.45, 2.75) is 6.92 Å². The minimum Gasteiger partial charge on any atom is -0.349 e. The van der Waals surface area contributed by atoms with Crippen LogP contribution in [0.1, 0.15) is 16.1 Å². The third-order valence-corrected chi connectivity index (χ3v) is 4.06. The Hall–Kier alpha value is -1.94. The molecule has 1 saturated heterocycles. The molecule has 1 amide bonds. The summed E-state index contributed by atoms with van der Waals surface area (Å²) < 4.78 is 0. The number of piperazine rings is 1. The lowest BCUT2D eigenvalue weighted by molar-refractivity contribution is 0.0942. The Morgan fingerprint density at radius 3 is 2.62 bits per heavy atom. The highest BCUT2D eigenvalue weighted by atomic mass is 35.5. The minimum absolute atomic E-state index is 0. The van der Waals surface area contributed by atoms with Crippen LogP contribution in [0.3, 0.4) is 0 Å². The lowest BCUT2D eigenvalue weighted by Gasteiger charge is -2.27. The average molecular weight is 405 g/mol. The number of rotatable bonds is 4. The number of H-pyrrole nitrogens is 2. The molecule has 0 atom stereocenters. The number of halogens is 2. The van der Waals surface area contributed by atoms with E-state index in [4.69, 9.17) is 0 Å². The van der Waals surface area contributed by atoms with Crippen LogP contribution in [0.2, 0.25) is 0 Å². The lowest BCUT2D eigenvalue weighted by Crippen LogP contribution is -2.46. The number of pyridine rings is 1. The zero-order chi connectivity index (χ0) is 17.1. The van der Waals surface area contributed by atoms with E-state index in [1.54, 1.807) is 13.0 Å². The van der Waals surface area contributed by atoms with E-state index in [0.29, 0.717) is 12.1 Å². The molecule has 0 saturated carbocycles. The number of aromatic amines is 2. The molecule has 0 radical (unpaired) electrons. The number of fused-ring (bicyclic) bond motifs is 1. The predicted octanol–water partition coefficient (Wildman–Crippen LogP) is -0.602. The molecule has 1 fully saturated rings. The first-order valence-corrected chi connectivity index (χ1v) is 7.90. The van der Waals surface area contributed by atoms with Crippen molar-refractivity contribution < 1.29 is 4.79 Å². The van der Waals surface area contributed by atoms with Crippen molar-refractivity contribution in [2.75, 3.05) is 39.3 Å². The smallest absolute Gasteiger partial charge is 0.327 e. The van der Waals surface area contributed by atoms with Gasteiger partial charge in [0.15, 0.2) is 0 Å². The Morgan fingerprint density at radius 1 is 1.23 bits per heavy atom. The summed E-state index contributed by atoms with van der Waals surface area (Å²) >= 11 is 0. The summed E-state index contributed by atoms with van der Waals surface area (Å²) in [6, 6.07) is 1.55. The normalized spacial score (nSPS) is 14.3. The van der Waals surface area contributed by atoms with E-state index in [0.717, 1.165) is 32.7 Å². The lowest BCUT2D eigenvalue weighted by atomic mass is 10.1. The summed E-state index contributed by atoms with van der Waals surface area (Å²) in [5.41, 5.74) is -0.262. The Bertz CT molecular complexity index is 876. The van der Waals surface area contributed by atoms with E-state index in [-0.39, 0.29) is 47.4 Å². The molecule has 1 aliphatic rings. The van der Waals surface area contributed by atoms with Gasteiger partial charge in [0.05, 0.1) is 5.39 Å². The number of carbonyl (C=O) groups is 1. The first-order valence-electron chi connectivity index (χ1n) is 7.90. The van der Waals surface area contributed by atoms with Crippen LogP contribution in [-0.2, 0) is 0 Å². The topological polar surface area (TPSA) is 123 Å². The molecule has 0 bridgehead atoms. The second-order valence-corrected chi connectivity index (χ2v) is 5.80. The third-order valence-electron chi connectivity index (χ3n) is 4.06. The molecular formula is C15H22Cl2N6O3. The molecule has 144 valence electrons.